The number of ether oxygens (including phenoxy) is 2. The number of hydrogen-bond acceptors (Lipinski definition) is 3. The average molecular weight is 322 g/mol. The maximum absolute atomic E-state index is 6.38. The first-order chi connectivity index (χ1) is 11.1. The van der Waals surface area contributed by atoms with Gasteiger partial charge in [0.05, 0.1) is 7.11 Å². The van der Waals surface area contributed by atoms with E-state index in [1.165, 1.54) is 51.4 Å². The number of pyridine rings is 1. The van der Waals surface area contributed by atoms with Crippen LogP contribution < -0.4 is 9.47 Å². The molecule has 1 heterocycles. The van der Waals surface area contributed by atoms with E-state index in [0.29, 0.717) is 5.88 Å². The van der Waals surface area contributed by atoms with Crippen molar-refractivity contribution in [3.63, 3.8) is 0 Å². The van der Waals surface area contributed by atoms with Crippen LogP contribution in [0.1, 0.15) is 85.0 Å². The lowest BCUT2D eigenvalue weighted by molar-refractivity contribution is 0.0635. The predicted molar refractivity (Wildman–Crippen MR) is 97.3 cm³/mol. The summed E-state index contributed by atoms with van der Waals surface area (Å²) in [7, 11) is 1.64. The Kier molecular flexibility index (Phi) is 9.74. The number of nitrogens with zero attached hydrogens (tertiary/aromatic N) is 1. The lowest BCUT2D eigenvalue weighted by atomic mass is 9.91. The van der Waals surface area contributed by atoms with E-state index in [-0.39, 0.29) is 5.60 Å². The molecule has 0 radical (unpaired) electrons. The van der Waals surface area contributed by atoms with Gasteiger partial charge < -0.3 is 9.47 Å². The first-order valence-electron chi connectivity index (χ1n) is 9.32. The third-order valence-corrected chi connectivity index (χ3v) is 4.40. The highest BCUT2D eigenvalue weighted by Crippen LogP contribution is 2.30. The molecule has 0 aliphatic rings. The van der Waals surface area contributed by atoms with Crippen LogP contribution in [0.4, 0.5) is 0 Å². The largest absolute Gasteiger partial charge is 0.487 e. The Morgan fingerprint density at radius 3 is 2.22 bits per heavy atom. The molecule has 0 saturated heterocycles. The molecule has 3 nitrogen and oxygen atoms in total. The van der Waals surface area contributed by atoms with Crippen molar-refractivity contribution in [2.24, 2.45) is 0 Å². The molecule has 1 unspecified atom stereocenters. The Hall–Kier alpha value is -1.25. The molecule has 1 atom stereocenters. The first kappa shape index (κ1) is 19.8. The van der Waals surface area contributed by atoms with E-state index < -0.39 is 0 Å². The Bertz CT molecular complexity index is 422. The van der Waals surface area contributed by atoms with Gasteiger partial charge in [-0.25, -0.2) is 4.98 Å². The van der Waals surface area contributed by atoms with Crippen LogP contribution in [-0.2, 0) is 0 Å². The van der Waals surface area contributed by atoms with E-state index in [4.69, 9.17) is 9.47 Å². The van der Waals surface area contributed by atoms with Crippen LogP contribution in [0.2, 0.25) is 0 Å². The van der Waals surface area contributed by atoms with Gasteiger partial charge in [0.15, 0.2) is 0 Å². The molecule has 0 aromatic carbocycles. The molecule has 0 saturated carbocycles. The molecule has 1 rings (SSSR count). The highest BCUT2D eigenvalue weighted by molar-refractivity contribution is 5.26. The summed E-state index contributed by atoms with van der Waals surface area (Å²) in [6.45, 7) is 6.76. The first-order valence-corrected chi connectivity index (χ1v) is 9.32. The van der Waals surface area contributed by atoms with Gasteiger partial charge in [0.1, 0.15) is 11.4 Å². The summed E-state index contributed by atoms with van der Waals surface area (Å²) < 4.78 is 11.6. The van der Waals surface area contributed by atoms with Gasteiger partial charge in [-0.2, -0.15) is 0 Å². The van der Waals surface area contributed by atoms with E-state index in [9.17, 15) is 0 Å². The summed E-state index contributed by atoms with van der Waals surface area (Å²) in [5.41, 5.74) is -0.0895. The second-order valence-electron chi connectivity index (χ2n) is 6.71. The van der Waals surface area contributed by atoms with Gasteiger partial charge in [-0.3, -0.25) is 0 Å². The van der Waals surface area contributed by atoms with Gasteiger partial charge in [0.25, 0.3) is 0 Å². The van der Waals surface area contributed by atoms with Crippen LogP contribution in [0, 0.1) is 0 Å². The normalized spacial score (nSPS) is 13.6. The maximum atomic E-state index is 6.38. The highest BCUT2D eigenvalue weighted by atomic mass is 16.5. The molecule has 0 bridgehead atoms. The van der Waals surface area contributed by atoms with Gasteiger partial charge in [-0.15, -0.1) is 0 Å². The molecule has 1 aromatic rings. The van der Waals surface area contributed by atoms with Crippen molar-refractivity contribution in [3.05, 3.63) is 18.3 Å². The summed E-state index contributed by atoms with van der Waals surface area (Å²) in [5, 5.41) is 0. The molecule has 1 aromatic heterocycles. The average Bonchev–Trinajstić information content (AvgIpc) is 2.55. The summed E-state index contributed by atoms with van der Waals surface area (Å²) in [4.78, 5) is 4.16. The molecule has 0 spiro atoms. The quantitative estimate of drug-likeness (QED) is 0.407. The highest BCUT2D eigenvalue weighted by Gasteiger charge is 2.25. The van der Waals surface area contributed by atoms with Crippen molar-refractivity contribution >= 4 is 0 Å². The summed E-state index contributed by atoms with van der Waals surface area (Å²) in [5.74, 6) is 1.48. The smallest absolute Gasteiger partial charge is 0.216 e. The third-order valence-electron chi connectivity index (χ3n) is 4.40. The van der Waals surface area contributed by atoms with E-state index in [2.05, 4.69) is 25.8 Å². The molecule has 0 aliphatic heterocycles. The van der Waals surface area contributed by atoms with E-state index in [1.807, 2.05) is 12.1 Å². The number of rotatable bonds is 13. The molecule has 0 aliphatic carbocycles. The van der Waals surface area contributed by atoms with E-state index in [1.54, 1.807) is 13.3 Å². The maximum Gasteiger partial charge on any atom is 0.216 e. The van der Waals surface area contributed by atoms with Gasteiger partial charge in [0.2, 0.25) is 5.88 Å². The summed E-state index contributed by atoms with van der Waals surface area (Å²) in [6, 6.07) is 3.81. The van der Waals surface area contributed by atoms with Crippen molar-refractivity contribution in [3.8, 4) is 11.6 Å². The fourth-order valence-corrected chi connectivity index (χ4v) is 2.93. The topological polar surface area (TPSA) is 31.4 Å². The molecule has 0 fully saturated rings. The second kappa shape index (κ2) is 11.3. The molecule has 23 heavy (non-hydrogen) atoms. The lowest BCUT2D eigenvalue weighted by Crippen LogP contribution is -2.32. The second-order valence-corrected chi connectivity index (χ2v) is 6.71. The molecule has 3 heteroatoms. The molecule has 132 valence electrons. The minimum Gasteiger partial charge on any atom is -0.487 e. The molecule has 0 amide bonds. The van der Waals surface area contributed by atoms with E-state index >= 15 is 0 Å². The summed E-state index contributed by atoms with van der Waals surface area (Å²) in [6.07, 6.45) is 14.2. The zero-order valence-electron chi connectivity index (χ0n) is 15.6. The Labute approximate surface area is 142 Å². The molecule has 0 N–H and O–H groups in total. The zero-order valence-corrected chi connectivity index (χ0v) is 15.6. The van der Waals surface area contributed by atoms with Crippen molar-refractivity contribution in [1.82, 2.24) is 4.98 Å². The van der Waals surface area contributed by atoms with Crippen molar-refractivity contribution < 1.29 is 9.47 Å². The lowest BCUT2D eigenvalue weighted by Gasteiger charge is -2.31. The van der Waals surface area contributed by atoms with Crippen LogP contribution in [0.15, 0.2) is 18.3 Å². The molecular formula is C20H35NO2. The van der Waals surface area contributed by atoms with Gasteiger partial charge in [0, 0.05) is 12.3 Å². The van der Waals surface area contributed by atoms with Crippen molar-refractivity contribution in [1.29, 1.82) is 0 Å². The van der Waals surface area contributed by atoms with Crippen LogP contribution in [0.25, 0.3) is 0 Å². The predicted octanol–water partition coefficient (Wildman–Crippen LogP) is 6.17. The van der Waals surface area contributed by atoms with Gasteiger partial charge in [-0.1, -0.05) is 52.4 Å². The van der Waals surface area contributed by atoms with Gasteiger partial charge in [-0.05, 0) is 38.7 Å². The Balaban J connectivity index is 2.61. The van der Waals surface area contributed by atoms with Gasteiger partial charge >= 0.3 is 0 Å². The van der Waals surface area contributed by atoms with Crippen LogP contribution >= 0.6 is 0 Å². The fraction of sp³-hybridized carbons (Fsp3) is 0.750. The number of unbranched alkanes of at least 4 members (excludes halogenated alkanes) is 6. The fourth-order valence-electron chi connectivity index (χ4n) is 2.93. The monoisotopic (exact) mass is 321 g/mol. The van der Waals surface area contributed by atoms with Crippen molar-refractivity contribution in [2.75, 3.05) is 7.11 Å². The number of aromatic nitrogens is 1. The standard InChI is InChI=1S/C20H35NO2/c1-5-7-9-10-12-15-20(3,14-11-8-6-2)23-18-13-16-21-19(17-18)22-4/h13,16-17H,5-12,14-15H2,1-4H3. The third kappa shape index (κ3) is 8.24. The summed E-state index contributed by atoms with van der Waals surface area (Å²) >= 11 is 0. The Morgan fingerprint density at radius 2 is 1.57 bits per heavy atom. The SMILES string of the molecule is CCCCCCCC(C)(CCCCC)Oc1ccnc(OC)c1. The van der Waals surface area contributed by atoms with Crippen LogP contribution in [0.5, 0.6) is 11.6 Å². The van der Waals surface area contributed by atoms with Crippen LogP contribution in [-0.4, -0.2) is 17.7 Å². The number of hydrogen-bond donors (Lipinski definition) is 0. The minimum atomic E-state index is -0.0895. The number of methoxy groups -OCH3 is 1. The molecular weight excluding hydrogens is 286 g/mol. The van der Waals surface area contributed by atoms with Crippen molar-refractivity contribution in [2.45, 2.75) is 90.6 Å². The van der Waals surface area contributed by atoms with E-state index in [0.717, 1.165) is 18.6 Å². The Morgan fingerprint density at radius 1 is 0.957 bits per heavy atom. The van der Waals surface area contributed by atoms with Crippen LogP contribution in [0.3, 0.4) is 0 Å². The zero-order chi connectivity index (χ0) is 17.0. The minimum absolute atomic E-state index is 0.0895.